The Balaban J connectivity index is 4.57. The highest BCUT2D eigenvalue weighted by Crippen LogP contribution is 2.43. The van der Waals surface area contributed by atoms with Gasteiger partial charge >= 0.3 is 25.7 Å². The van der Waals surface area contributed by atoms with E-state index in [9.17, 15) is 23.8 Å². The zero-order valence-electron chi connectivity index (χ0n) is 33.0. The zero-order valence-corrected chi connectivity index (χ0v) is 33.9. The smallest absolute Gasteiger partial charge is 0.472 e. The van der Waals surface area contributed by atoms with Crippen molar-refractivity contribution in [3.8, 4) is 0 Å². The van der Waals surface area contributed by atoms with E-state index in [1.807, 2.05) is 42.5 Å². The second kappa shape index (κ2) is 36.9. The summed E-state index contributed by atoms with van der Waals surface area (Å²) in [5.74, 6) is -2.68. The second-order valence-electron chi connectivity index (χ2n) is 13.2. The summed E-state index contributed by atoms with van der Waals surface area (Å²) < 4.78 is 32.4. The van der Waals surface area contributed by atoms with Gasteiger partial charge in [0.2, 0.25) is 0 Å². The molecule has 0 aromatic heterocycles. The fourth-order valence-electron chi connectivity index (χ4n) is 4.99. The van der Waals surface area contributed by atoms with Crippen LogP contribution in [0.15, 0.2) is 72.9 Å². The number of carbonyl (C=O) groups excluding carboxylic acids is 2. The molecule has 3 atom stereocenters. The van der Waals surface area contributed by atoms with Gasteiger partial charge < -0.3 is 25.2 Å². The number of carbonyl (C=O) groups is 3. The number of rotatable bonds is 36. The van der Waals surface area contributed by atoms with Crippen LogP contribution in [-0.2, 0) is 37.5 Å². The fourth-order valence-corrected chi connectivity index (χ4v) is 5.77. The Labute approximate surface area is 325 Å². The highest BCUT2D eigenvalue weighted by Gasteiger charge is 2.28. The molecule has 0 aliphatic rings. The van der Waals surface area contributed by atoms with E-state index in [1.54, 1.807) is 12.2 Å². The average Bonchev–Trinajstić information content (AvgIpc) is 3.14. The maximum absolute atomic E-state index is 12.6. The lowest BCUT2D eigenvalue weighted by Crippen LogP contribution is -2.34. The van der Waals surface area contributed by atoms with E-state index in [0.29, 0.717) is 6.42 Å². The fraction of sp³-hybridized carbons (Fsp3) is 0.643. The predicted molar refractivity (Wildman–Crippen MR) is 217 cm³/mol. The molecule has 0 bridgehead atoms. The summed E-state index contributed by atoms with van der Waals surface area (Å²) in [7, 11) is -4.74. The van der Waals surface area contributed by atoms with Gasteiger partial charge in [-0.25, -0.2) is 9.36 Å². The van der Waals surface area contributed by atoms with Crippen molar-refractivity contribution in [1.29, 1.82) is 0 Å². The van der Waals surface area contributed by atoms with Gasteiger partial charge in [0.1, 0.15) is 12.6 Å². The maximum atomic E-state index is 12.6. The molecule has 0 aromatic carbocycles. The topological polar surface area (TPSA) is 172 Å². The first-order chi connectivity index (χ1) is 26.1. The number of ether oxygens (including phenoxy) is 2. The third kappa shape index (κ3) is 35.9. The molecule has 308 valence electrons. The van der Waals surface area contributed by atoms with Crippen LogP contribution in [0.3, 0.4) is 0 Å². The van der Waals surface area contributed by atoms with Gasteiger partial charge in [-0.1, -0.05) is 164 Å². The third-order valence-corrected chi connectivity index (χ3v) is 9.09. The summed E-state index contributed by atoms with van der Waals surface area (Å²) in [6.07, 6.45) is 43.2. The number of aliphatic carboxylic acids is 1. The van der Waals surface area contributed by atoms with Gasteiger partial charge in [0.25, 0.3) is 0 Å². The Morgan fingerprint density at radius 3 is 1.67 bits per heavy atom. The minimum atomic E-state index is -4.74. The number of carboxylic acid groups (broad SMARTS) is 1. The minimum absolute atomic E-state index is 0.112. The molecule has 0 spiro atoms. The Morgan fingerprint density at radius 1 is 0.630 bits per heavy atom. The molecule has 12 heteroatoms. The maximum Gasteiger partial charge on any atom is 0.472 e. The summed E-state index contributed by atoms with van der Waals surface area (Å²) in [5.41, 5.74) is 5.31. The standard InChI is InChI=1S/C42H70NO10P/c1-3-5-7-9-11-13-15-17-19-21-23-25-27-29-31-33-40(44)50-35-38(36-51-54(48,49)52-37-39(43)42(46)47)53-41(45)34-32-30-28-26-24-22-20-18-16-14-12-10-8-6-4-2/h6,8,10,12,14,16,18,20,27,29,31,33,38-39H,3-5,7,9,11,13,15,17,19,21-26,28,30,32,34-37,43H2,1-2H3,(H,46,47)(H,48,49)/b8-6+,12-10+,16-14+,20-18+,29-27+,33-31+/t38-,39+/m1/s1. The van der Waals surface area contributed by atoms with Crippen LogP contribution in [0.1, 0.15) is 142 Å². The van der Waals surface area contributed by atoms with Gasteiger partial charge in [0.15, 0.2) is 6.10 Å². The molecule has 0 rings (SSSR count). The van der Waals surface area contributed by atoms with E-state index in [0.717, 1.165) is 51.4 Å². The molecule has 0 heterocycles. The molecule has 54 heavy (non-hydrogen) atoms. The number of esters is 2. The lowest BCUT2D eigenvalue weighted by atomic mass is 10.1. The summed E-state index contributed by atoms with van der Waals surface area (Å²) in [4.78, 5) is 45.7. The number of phosphoric ester groups is 1. The van der Waals surface area contributed by atoms with E-state index in [4.69, 9.17) is 24.8 Å². The molecular formula is C42H70NO10P. The summed E-state index contributed by atoms with van der Waals surface area (Å²) in [6, 6.07) is -1.54. The number of allylic oxidation sites excluding steroid dienone is 11. The van der Waals surface area contributed by atoms with Crippen molar-refractivity contribution in [3.05, 3.63) is 72.9 Å². The van der Waals surface area contributed by atoms with Crippen molar-refractivity contribution < 1.29 is 47.5 Å². The molecule has 0 aromatic rings. The predicted octanol–water partition coefficient (Wildman–Crippen LogP) is 10.2. The molecule has 0 aliphatic carbocycles. The van der Waals surface area contributed by atoms with Gasteiger partial charge in [-0.3, -0.25) is 18.6 Å². The van der Waals surface area contributed by atoms with Crippen molar-refractivity contribution >= 4 is 25.7 Å². The summed E-state index contributed by atoms with van der Waals surface area (Å²) in [5, 5.41) is 8.86. The summed E-state index contributed by atoms with van der Waals surface area (Å²) in [6.45, 7) is 2.49. The number of hydrogen-bond donors (Lipinski definition) is 3. The average molecular weight is 780 g/mol. The zero-order chi connectivity index (χ0) is 40.0. The highest BCUT2D eigenvalue weighted by molar-refractivity contribution is 7.47. The normalized spacial score (nSPS) is 14.6. The van der Waals surface area contributed by atoms with Crippen LogP contribution < -0.4 is 5.73 Å². The first kappa shape index (κ1) is 50.9. The van der Waals surface area contributed by atoms with Crippen LogP contribution in [0.4, 0.5) is 0 Å². The Hall–Kier alpha value is -3.08. The quantitative estimate of drug-likeness (QED) is 0.0182. The molecule has 1 unspecified atom stereocenters. The van der Waals surface area contributed by atoms with Gasteiger partial charge in [-0.15, -0.1) is 0 Å². The van der Waals surface area contributed by atoms with E-state index in [1.165, 1.54) is 70.3 Å². The Morgan fingerprint density at radius 2 is 1.11 bits per heavy atom. The molecule has 0 saturated heterocycles. The van der Waals surface area contributed by atoms with Crippen molar-refractivity contribution in [2.24, 2.45) is 5.73 Å². The van der Waals surface area contributed by atoms with E-state index in [2.05, 4.69) is 30.5 Å². The molecule has 0 saturated carbocycles. The van der Waals surface area contributed by atoms with Crippen molar-refractivity contribution in [2.75, 3.05) is 19.8 Å². The van der Waals surface area contributed by atoms with Crippen LogP contribution in [0.5, 0.6) is 0 Å². The van der Waals surface area contributed by atoms with Crippen molar-refractivity contribution in [3.63, 3.8) is 0 Å². The molecule has 0 radical (unpaired) electrons. The Bertz CT molecular complexity index is 1190. The summed E-state index contributed by atoms with van der Waals surface area (Å²) >= 11 is 0. The van der Waals surface area contributed by atoms with Gasteiger partial charge in [0.05, 0.1) is 13.2 Å². The SMILES string of the molecule is CC/C=C/C=C/C=C/C=C/CCCCCCCC(=O)O[C@H](COC(=O)/C=C/C=C/CCCCCCCCCCCCC)COP(=O)(O)OC[C@H](N)C(=O)O. The second-order valence-corrected chi connectivity index (χ2v) is 14.7. The van der Waals surface area contributed by atoms with Gasteiger partial charge in [0, 0.05) is 12.5 Å². The van der Waals surface area contributed by atoms with Crippen LogP contribution in [0.2, 0.25) is 0 Å². The van der Waals surface area contributed by atoms with Crippen LogP contribution in [0.25, 0.3) is 0 Å². The van der Waals surface area contributed by atoms with Crippen molar-refractivity contribution in [1.82, 2.24) is 0 Å². The molecule has 0 aliphatic heterocycles. The monoisotopic (exact) mass is 779 g/mol. The Kier molecular flexibility index (Phi) is 34.8. The largest absolute Gasteiger partial charge is 0.480 e. The number of hydrogen-bond acceptors (Lipinski definition) is 9. The van der Waals surface area contributed by atoms with Crippen LogP contribution >= 0.6 is 7.82 Å². The lowest BCUT2D eigenvalue weighted by molar-refractivity contribution is -0.159. The molecule has 0 fully saturated rings. The molecule has 11 nitrogen and oxygen atoms in total. The molecular weight excluding hydrogens is 709 g/mol. The van der Waals surface area contributed by atoms with E-state index < -0.39 is 57.7 Å². The molecule has 4 N–H and O–H groups in total. The first-order valence-electron chi connectivity index (χ1n) is 20.1. The van der Waals surface area contributed by atoms with Gasteiger partial charge in [-0.05, 0) is 38.5 Å². The number of phosphoric acid groups is 1. The van der Waals surface area contributed by atoms with Crippen molar-refractivity contribution in [2.45, 2.75) is 154 Å². The van der Waals surface area contributed by atoms with Crippen LogP contribution in [0, 0.1) is 0 Å². The number of carboxylic acids is 1. The lowest BCUT2D eigenvalue weighted by Gasteiger charge is -2.20. The molecule has 0 amide bonds. The van der Waals surface area contributed by atoms with E-state index in [-0.39, 0.29) is 6.42 Å². The number of nitrogens with two attached hydrogens (primary N) is 1. The first-order valence-corrected chi connectivity index (χ1v) is 21.6. The third-order valence-electron chi connectivity index (χ3n) is 8.14. The van der Waals surface area contributed by atoms with Gasteiger partial charge in [-0.2, -0.15) is 0 Å². The highest BCUT2D eigenvalue weighted by atomic mass is 31.2. The minimum Gasteiger partial charge on any atom is -0.480 e. The number of unbranched alkanes of at least 4 members (excludes halogenated alkanes) is 16. The van der Waals surface area contributed by atoms with E-state index >= 15 is 0 Å². The van der Waals surface area contributed by atoms with Crippen LogP contribution in [-0.4, -0.2) is 59.9 Å².